The van der Waals surface area contributed by atoms with E-state index in [2.05, 4.69) is 9.88 Å². The van der Waals surface area contributed by atoms with Crippen LogP contribution in [0.3, 0.4) is 0 Å². The summed E-state index contributed by atoms with van der Waals surface area (Å²) in [6, 6.07) is 3.88. The molecule has 0 radical (unpaired) electrons. The number of nitrogens with two attached hydrogens (primary N) is 1. The Kier molecular flexibility index (Phi) is 4.32. The van der Waals surface area contributed by atoms with E-state index in [-0.39, 0.29) is 11.5 Å². The highest BCUT2D eigenvalue weighted by Crippen LogP contribution is 2.41. The van der Waals surface area contributed by atoms with Crippen molar-refractivity contribution in [3.05, 3.63) is 18.3 Å². The van der Waals surface area contributed by atoms with E-state index in [1.165, 1.54) is 0 Å². The number of pyridine rings is 1. The molecule has 2 fully saturated rings. The van der Waals surface area contributed by atoms with Crippen LogP contribution in [0.25, 0.3) is 0 Å². The van der Waals surface area contributed by atoms with Crippen molar-refractivity contribution in [2.45, 2.75) is 45.6 Å². The van der Waals surface area contributed by atoms with E-state index in [4.69, 9.17) is 10.5 Å². The third-order valence-corrected chi connectivity index (χ3v) is 5.05. The molecular formula is C18H28N4O2. The van der Waals surface area contributed by atoms with Gasteiger partial charge in [0.2, 0.25) is 0 Å². The lowest BCUT2D eigenvalue weighted by atomic mass is 9.77. The zero-order valence-electron chi connectivity index (χ0n) is 14.9. The fraction of sp³-hybridized carbons (Fsp3) is 0.667. The second-order valence-corrected chi connectivity index (χ2v) is 8.08. The molecule has 2 saturated heterocycles. The van der Waals surface area contributed by atoms with E-state index in [0.29, 0.717) is 5.82 Å². The summed E-state index contributed by atoms with van der Waals surface area (Å²) in [6.45, 7) is 9.34. The zero-order valence-corrected chi connectivity index (χ0v) is 14.9. The molecule has 1 aromatic heterocycles. The maximum absolute atomic E-state index is 12.3. The monoisotopic (exact) mass is 332 g/mol. The first kappa shape index (κ1) is 16.9. The van der Waals surface area contributed by atoms with Gasteiger partial charge in [0.1, 0.15) is 11.4 Å². The maximum Gasteiger partial charge on any atom is 0.410 e. The van der Waals surface area contributed by atoms with Gasteiger partial charge in [-0.3, -0.25) is 0 Å². The second kappa shape index (κ2) is 6.15. The molecule has 6 nitrogen and oxygen atoms in total. The van der Waals surface area contributed by atoms with E-state index >= 15 is 0 Å². The molecule has 2 aliphatic heterocycles. The number of nitrogens with zero attached hydrogens (tertiary/aromatic N) is 3. The molecule has 2 N–H and O–H groups in total. The molecule has 6 heteroatoms. The summed E-state index contributed by atoms with van der Waals surface area (Å²) >= 11 is 0. The minimum atomic E-state index is -0.432. The Bertz CT molecular complexity index is 586. The van der Waals surface area contributed by atoms with Crippen LogP contribution < -0.4 is 10.6 Å². The van der Waals surface area contributed by atoms with Crippen LogP contribution in [0, 0.1) is 5.41 Å². The first-order valence-electron chi connectivity index (χ1n) is 8.71. The minimum Gasteiger partial charge on any atom is -0.444 e. The van der Waals surface area contributed by atoms with Crippen LogP contribution in [0.15, 0.2) is 18.3 Å². The number of hydrogen-bond donors (Lipinski definition) is 1. The number of aromatic nitrogens is 1. The Morgan fingerprint density at radius 1 is 1.21 bits per heavy atom. The minimum absolute atomic E-state index is 0.176. The van der Waals surface area contributed by atoms with Crippen molar-refractivity contribution < 1.29 is 9.53 Å². The Morgan fingerprint density at radius 2 is 1.88 bits per heavy atom. The van der Waals surface area contributed by atoms with E-state index in [0.717, 1.165) is 51.1 Å². The van der Waals surface area contributed by atoms with Gasteiger partial charge in [-0.15, -0.1) is 0 Å². The molecular weight excluding hydrogens is 304 g/mol. The van der Waals surface area contributed by atoms with Gasteiger partial charge < -0.3 is 20.3 Å². The van der Waals surface area contributed by atoms with Gasteiger partial charge in [-0.25, -0.2) is 9.78 Å². The molecule has 1 amide bonds. The normalized spacial score (nSPS) is 20.5. The number of carbonyl (C=O) groups excluding carboxylic acids is 1. The lowest BCUT2D eigenvalue weighted by molar-refractivity contribution is 0.0266. The summed E-state index contributed by atoms with van der Waals surface area (Å²) in [6.07, 6.45) is 4.92. The van der Waals surface area contributed by atoms with E-state index in [9.17, 15) is 4.79 Å². The van der Waals surface area contributed by atoms with Crippen molar-refractivity contribution in [2.75, 3.05) is 36.8 Å². The van der Waals surface area contributed by atoms with Crippen molar-refractivity contribution in [3.63, 3.8) is 0 Å². The Morgan fingerprint density at radius 3 is 2.46 bits per heavy atom. The number of rotatable bonds is 1. The molecule has 24 heavy (non-hydrogen) atoms. The Labute approximate surface area is 144 Å². The fourth-order valence-electron chi connectivity index (χ4n) is 3.65. The van der Waals surface area contributed by atoms with Gasteiger partial charge in [0.15, 0.2) is 0 Å². The molecule has 1 aromatic rings. The third-order valence-electron chi connectivity index (χ3n) is 5.05. The van der Waals surface area contributed by atoms with Crippen molar-refractivity contribution in [3.8, 4) is 0 Å². The van der Waals surface area contributed by atoms with E-state index in [1.807, 2.05) is 44.0 Å². The number of hydrogen-bond acceptors (Lipinski definition) is 5. The van der Waals surface area contributed by atoms with Crippen LogP contribution in [-0.4, -0.2) is 47.8 Å². The molecule has 2 aliphatic rings. The molecule has 0 aliphatic carbocycles. The molecule has 3 heterocycles. The van der Waals surface area contributed by atoms with E-state index in [1.54, 1.807) is 0 Å². The molecule has 0 bridgehead atoms. The molecule has 1 spiro atoms. The number of carbonyl (C=O) groups is 1. The number of anilines is 2. The summed E-state index contributed by atoms with van der Waals surface area (Å²) in [7, 11) is 0. The van der Waals surface area contributed by atoms with Crippen LogP contribution >= 0.6 is 0 Å². The number of amides is 1. The summed E-state index contributed by atoms with van der Waals surface area (Å²) in [5.74, 6) is 0.552. The Balaban J connectivity index is 1.56. The smallest absolute Gasteiger partial charge is 0.410 e. The number of nitrogen functional groups attached to an aromatic ring is 1. The zero-order chi connectivity index (χ0) is 17.4. The fourth-order valence-corrected chi connectivity index (χ4v) is 3.65. The van der Waals surface area contributed by atoms with Gasteiger partial charge in [0.25, 0.3) is 0 Å². The number of likely N-dealkylation sites (tertiary alicyclic amines) is 1. The maximum atomic E-state index is 12.3. The van der Waals surface area contributed by atoms with Gasteiger partial charge in [-0.2, -0.15) is 0 Å². The summed E-state index contributed by atoms with van der Waals surface area (Å²) < 4.78 is 5.51. The van der Waals surface area contributed by atoms with E-state index < -0.39 is 5.60 Å². The predicted molar refractivity (Wildman–Crippen MR) is 95.0 cm³/mol. The first-order valence-corrected chi connectivity index (χ1v) is 8.71. The van der Waals surface area contributed by atoms with Crippen molar-refractivity contribution >= 4 is 17.6 Å². The molecule has 132 valence electrons. The molecule has 0 saturated carbocycles. The van der Waals surface area contributed by atoms with Crippen LogP contribution in [0.1, 0.15) is 40.0 Å². The van der Waals surface area contributed by atoms with Gasteiger partial charge in [-0.1, -0.05) is 0 Å². The van der Waals surface area contributed by atoms with Crippen LogP contribution in [0.5, 0.6) is 0 Å². The summed E-state index contributed by atoms with van der Waals surface area (Å²) in [5, 5.41) is 0. The first-order chi connectivity index (χ1) is 11.3. The highest BCUT2D eigenvalue weighted by Gasteiger charge is 2.43. The van der Waals surface area contributed by atoms with Crippen LogP contribution in [0.2, 0.25) is 0 Å². The largest absolute Gasteiger partial charge is 0.444 e. The summed E-state index contributed by atoms with van der Waals surface area (Å²) in [4.78, 5) is 20.7. The molecule has 0 aromatic carbocycles. The lowest BCUT2D eigenvalue weighted by Gasteiger charge is -2.40. The highest BCUT2D eigenvalue weighted by atomic mass is 16.6. The molecule has 0 unspecified atom stereocenters. The quantitative estimate of drug-likeness (QED) is 0.856. The van der Waals surface area contributed by atoms with Crippen molar-refractivity contribution in [1.82, 2.24) is 9.88 Å². The average Bonchev–Trinajstić information content (AvgIpc) is 2.92. The number of ether oxygens (including phenoxy) is 1. The topological polar surface area (TPSA) is 71.7 Å². The van der Waals surface area contributed by atoms with Crippen LogP contribution in [-0.2, 0) is 4.74 Å². The van der Waals surface area contributed by atoms with Crippen molar-refractivity contribution in [2.24, 2.45) is 5.41 Å². The molecule has 3 rings (SSSR count). The number of piperidine rings is 1. The second-order valence-electron chi connectivity index (χ2n) is 8.08. The average molecular weight is 332 g/mol. The lowest BCUT2D eigenvalue weighted by Crippen LogP contribution is -2.43. The van der Waals surface area contributed by atoms with Gasteiger partial charge >= 0.3 is 6.09 Å². The van der Waals surface area contributed by atoms with Gasteiger partial charge in [0.05, 0.1) is 11.9 Å². The van der Waals surface area contributed by atoms with Gasteiger partial charge in [0, 0.05) is 26.2 Å². The predicted octanol–water partition coefficient (Wildman–Crippen LogP) is 2.89. The van der Waals surface area contributed by atoms with Crippen LogP contribution in [0.4, 0.5) is 16.3 Å². The molecule has 0 atom stereocenters. The highest BCUT2D eigenvalue weighted by molar-refractivity contribution is 5.68. The summed E-state index contributed by atoms with van der Waals surface area (Å²) in [5.41, 5.74) is 6.60. The standard InChI is InChI=1S/C18H28N4O2/c1-17(2,3)24-16(23)22-11-8-18(13-22)6-9-21(10-7-18)14-4-5-15(19)20-12-14/h4-5,12H,6-11,13H2,1-3H3,(H2,19,20). The Hall–Kier alpha value is -1.98. The SMILES string of the molecule is CC(C)(C)OC(=O)N1CCC2(CCN(c3ccc(N)nc3)CC2)C1. The third kappa shape index (κ3) is 3.74. The van der Waals surface area contributed by atoms with Gasteiger partial charge in [-0.05, 0) is 57.6 Å². The van der Waals surface area contributed by atoms with Crippen molar-refractivity contribution in [1.29, 1.82) is 0 Å².